The van der Waals surface area contributed by atoms with E-state index in [4.69, 9.17) is 10.5 Å². The van der Waals surface area contributed by atoms with E-state index in [0.717, 1.165) is 22.5 Å². The molecule has 3 aromatic rings. The molecule has 0 spiro atoms. The highest BCUT2D eigenvalue weighted by molar-refractivity contribution is 5.80. The molecule has 0 bridgehead atoms. The number of fused-ring (bicyclic) bond motifs is 1. The van der Waals surface area contributed by atoms with Crippen LogP contribution in [-0.2, 0) is 0 Å². The summed E-state index contributed by atoms with van der Waals surface area (Å²) in [4.78, 5) is 3.38. The molecule has 1 aromatic heterocycles. The number of para-hydroxylation sites is 1. The van der Waals surface area contributed by atoms with Crippen LogP contribution in [0.2, 0.25) is 0 Å². The first kappa shape index (κ1) is 12.8. The van der Waals surface area contributed by atoms with Gasteiger partial charge in [-0.3, -0.25) is 0 Å². The van der Waals surface area contributed by atoms with Crippen molar-refractivity contribution in [2.45, 2.75) is 13.0 Å². The molecule has 1 heterocycles. The van der Waals surface area contributed by atoms with E-state index in [2.05, 4.69) is 36.2 Å². The molecule has 3 nitrogen and oxygen atoms in total. The van der Waals surface area contributed by atoms with Crippen LogP contribution < -0.4 is 10.5 Å². The molecule has 0 aliphatic rings. The fraction of sp³-hybridized carbons (Fsp3) is 0.176. The summed E-state index contributed by atoms with van der Waals surface area (Å²) in [6, 6.07) is 16.1. The molecule has 2 aromatic carbocycles. The second kappa shape index (κ2) is 5.02. The standard InChI is InChI=1S/C17H18N2O/c1-11-7-8-16(20-2)13(9-11)17(18)15-10-12-5-3-4-6-14(12)19-15/h3-10,17,19H,18H2,1-2H3. The molecule has 0 aliphatic heterocycles. The molecular formula is C17H18N2O. The third-order valence-electron chi connectivity index (χ3n) is 3.61. The van der Waals surface area contributed by atoms with Gasteiger partial charge in [-0.2, -0.15) is 0 Å². The lowest BCUT2D eigenvalue weighted by Gasteiger charge is -2.15. The SMILES string of the molecule is COc1ccc(C)cc1C(N)c1cc2ccccc2[nH]1. The van der Waals surface area contributed by atoms with Crippen LogP contribution >= 0.6 is 0 Å². The number of aromatic nitrogens is 1. The largest absolute Gasteiger partial charge is 0.496 e. The van der Waals surface area contributed by atoms with Crippen LogP contribution in [-0.4, -0.2) is 12.1 Å². The van der Waals surface area contributed by atoms with Crippen LogP contribution in [0.3, 0.4) is 0 Å². The number of benzene rings is 2. The van der Waals surface area contributed by atoms with Gasteiger partial charge in [0.15, 0.2) is 0 Å². The average molecular weight is 266 g/mol. The maximum Gasteiger partial charge on any atom is 0.124 e. The number of nitrogens with one attached hydrogen (secondary N) is 1. The van der Waals surface area contributed by atoms with Gasteiger partial charge >= 0.3 is 0 Å². The fourth-order valence-corrected chi connectivity index (χ4v) is 2.53. The number of aryl methyl sites for hydroxylation is 1. The molecule has 0 radical (unpaired) electrons. The monoisotopic (exact) mass is 266 g/mol. The van der Waals surface area contributed by atoms with E-state index in [-0.39, 0.29) is 6.04 Å². The molecule has 3 heteroatoms. The minimum atomic E-state index is -0.225. The molecule has 0 saturated heterocycles. The Hall–Kier alpha value is -2.26. The van der Waals surface area contributed by atoms with Crippen molar-refractivity contribution in [1.29, 1.82) is 0 Å². The van der Waals surface area contributed by atoms with Crippen molar-refractivity contribution < 1.29 is 4.74 Å². The van der Waals surface area contributed by atoms with Gasteiger partial charge in [-0.1, -0.05) is 35.9 Å². The molecule has 3 N–H and O–H groups in total. The number of hydrogen-bond acceptors (Lipinski definition) is 2. The smallest absolute Gasteiger partial charge is 0.124 e. The second-order valence-corrected chi connectivity index (χ2v) is 5.04. The predicted molar refractivity (Wildman–Crippen MR) is 82.1 cm³/mol. The zero-order valence-corrected chi connectivity index (χ0v) is 11.7. The molecule has 1 atom stereocenters. The van der Waals surface area contributed by atoms with Crippen LogP contribution in [0.5, 0.6) is 5.75 Å². The van der Waals surface area contributed by atoms with E-state index in [1.807, 2.05) is 24.3 Å². The molecule has 20 heavy (non-hydrogen) atoms. The molecule has 0 amide bonds. The first-order valence-corrected chi connectivity index (χ1v) is 6.67. The summed E-state index contributed by atoms with van der Waals surface area (Å²) in [6.45, 7) is 2.06. The first-order chi connectivity index (χ1) is 9.69. The van der Waals surface area contributed by atoms with Gasteiger partial charge < -0.3 is 15.5 Å². The van der Waals surface area contributed by atoms with Crippen molar-refractivity contribution in [1.82, 2.24) is 4.98 Å². The van der Waals surface area contributed by atoms with Crippen LogP contribution in [0.4, 0.5) is 0 Å². The molecule has 3 rings (SSSR count). The van der Waals surface area contributed by atoms with Gasteiger partial charge in [0.05, 0.1) is 13.2 Å². The van der Waals surface area contributed by atoms with Gasteiger partial charge in [0.1, 0.15) is 5.75 Å². The Morgan fingerprint density at radius 1 is 1.10 bits per heavy atom. The lowest BCUT2D eigenvalue weighted by atomic mass is 10.0. The Bertz CT molecular complexity index is 713. The molecule has 1 unspecified atom stereocenters. The van der Waals surface area contributed by atoms with Crippen LogP contribution in [0.25, 0.3) is 10.9 Å². The minimum Gasteiger partial charge on any atom is -0.496 e. The second-order valence-electron chi connectivity index (χ2n) is 5.04. The number of ether oxygens (including phenoxy) is 1. The maximum absolute atomic E-state index is 6.41. The molecule has 0 fully saturated rings. The summed E-state index contributed by atoms with van der Waals surface area (Å²) in [5.41, 5.74) is 10.7. The summed E-state index contributed by atoms with van der Waals surface area (Å²) < 4.78 is 5.42. The number of methoxy groups -OCH3 is 1. The Labute approximate surface area is 118 Å². The van der Waals surface area contributed by atoms with Crippen molar-refractivity contribution >= 4 is 10.9 Å². The molecule has 102 valence electrons. The summed E-state index contributed by atoms with van der Waals surface area (Å²) >= 11 is 0. The van der Waals surface area contributed by atoms with Gasteiger partial charge in [-0.15, -0.1) is 0 Å². The van der Waals surface area contributed by atoms with Crippen molar-refractivity contribution in [2.24, 2.45) is 5.73 Å². The fourth-order valence-electron chi connectivity index (χ4n) is 2.53. The Balaban J connectivity index is 2.07. The topological polar surface area (TPSA) is 51.0 Å². The molecular weight excluding hydrogens is 248 g/mol. The Morgan fingerprint density at radius 3 is 2.65 bits per heavy atom. The van der Waals surface area contributed by atoms with Gasteiger partial charge in [0.2, 0.25) is 0 Å². The molecule has 0 aliphatic carbocycles. The van der Waals surface area contributed by atoms with E-state index in [9.17, 15) is 0 Å². The number of nitrogens with two attached hydrogens (primary N) is 1. The number of aromatic amines is 1. The lowest BCUT2D eigenvalue weighted by Crippen LogP contribution is -2.13. The van der Waals surface area contributed by atoms with Crippen molar-refractivity contribution in [2.75, 3.05) is 7.11 Å². The third-order valence-corrected chi connectivity index (χ3v) is 3.61. The normalized spacial score (nSPS) is 12.6. The average Bonchev–Trinajstić information content (AvgIpc) is 2.90. The van der Waals surface area contributed by atoms with Crippen molar-refractivity contribution in [3.63, 3.8) is 0 Å². The quantitative estimate of drug-likeness (QED) is 0.762. The maximum atomic E-state index is 6.41. The third kappa shape index (κ3) is 2.17. The van der Waals surface area contributed by atoms with Crippen LogP contribution in [0.1, 0.15) is 22.9 Å². The van der Waals surface area contributed by atoms with E-state index >= 15 is 0 Å². The number of rotatable bonds is 3. The lowest BCUT2D eigenvalue weighted by molar-refractivity contribution is 0.407. The first-order valence-electron chi connectivity index (χ1n) is 6.67. The summed E-state index contributed by atoms with van der Waals surface area (Å²) in [5, 5.41) is 1.17. The van der Waals surface area contributed by atoms with Gasteiger partial charge in [0.25, 0.3) is 0 Å². The van der Waals surface area contributed by atoms with E-state index in [0.29, 0.717) is 0 Å². The summed E-state index contributed by atoms with van der Waals surface area (Å²) in [6.07, 6.45) is 0. The summed E-state index contributed by atoms with van der Waals surface area (Å²) in [7, 11) is 1.67. The van der Waals surface area contributed by atoms with Gasteiger partial charge in [-0.25, -0.2) is 0 Å². The number of hydrogen-bond donors (Lipinski definition) is 2. The predicted octanol–water partition coefficient (Wildman–Crippen LogP) is 3.53. The van der Waals surface area contributed by atoms with Crippen molar-refractivity contribution in [3.8, 4) is 5.75 Å². The highest BCUT2D eigenvalue weighted by Crippen LogP contribution is 2.30. The van der Waals surface area contributed by atoms with E-state index < -0.39 is 0 Å². The zero-order chi connectivity index (χ0) is 14.1. The van der Waals surface area contributed by atoms with E-state index in [1.165, 1.54) is 10.9 Å². The highest BCUT2D eigenvalue weighted by atomic mass is 16.5. The van der Waals surface area contributed by atoms with Crippen LogP contribution in [0, 0.1) is 6.92 Å². The van der Waals surface area contributed by atoms with Gasteiger partial charge in [0, 0.05) is 16.8 Å². The number of H-pyrrole nitrogens is 1. The van der Waals surface area contributed by atoms with Crippen molar-refractivity contribution in [3.05, 3.63) is 65.4 Å². The zero-order valence-electron chi connectivity index (χ0n) is 11.7. The minimum absolute atomic E-state index is 0.225. The van der Waals surface area contributed by atoms with Gasteiger partial charge in [-0.05, 0) is 30.5 Å². The van der Waals surface area contributed by atoms with Crippen LogP contribution in [0.15, 0.2) is 48.5 Å². The Morgan fingerprint density at radius 2 is 1.90 bits per heavy atom. The van der Waals surface area contributed by atoms with E-state index in [1.54, 1.807) is 7.11 Å². The Kier molecular flexibility index (Phi) is 3.20. The molecule has 0 saturated carbocycles. The summed E-state index contributed by atoms with van der Waals surface area (Å²) in [5.74, 6) is 0.821. The highest BCUT2D eigenvalue weighted by Gasteiger charge is 2.16.